The second kappa shape index (κ2) is 7.90. The fourth-order valence-corrected chi connectivity index (χ4v) is 3.58. The summed E-state index contributed by atoms with van der Waals surface area (Å²) in [6, 6.07) is 11.2. The number of hydrogen-bond acceptors (Lipinski definition) is 3. The second-order valence-electron chi connectivity index (χ2n) is 4.76. The van der Waals surface area contributed by atoms with Gasteiger partial charge in [-0.3, -0.25) is 4.79 Å². The number of rotatable bonds is 6. The van der Waals surface area contributed by atoms with Crippen molar-refractivity contribution in [2.24, 2.45) is 0 Å². The summed E-state index contributed by atoms with van der Waals surface area (Å²) in [4.78, 5) is 12.6. The van der Waals surface area contributed by atoms with Crippen molar-refractivity contribution in [1.82, 2.24) is 0 Å². The van der Waals surface area contributed by atoms with E-state index in [4.69, 9.17) is 16.3 Å². The third kappa shape index (κ3) is 4.66. The van der Waals surface area contributed by atoms with E-state index in [1.165, 1.54) is 11.8 Å². The third-order valence-corrected chi connectivity index (χ3v) is 4.94. The molecule has 0 bridgehead atoms. The summed E-state index contributed by atoms with van der Waals surface area (Å²) >= 11 is 11.1. The van der Waals surface area contributed by atoms with E-state index in [0.717, 1.165) is 25.7 Å². The minimum absolute atomic E-state index is 0.127. The highest BCUT2D eigenvalue weighted by molar-refractivity contribution is 9.10. The van der Waals surface area contributed by atoms with Gasteiger partial charge >= 0.3 is 0 Å². The Morgan fingerprint density at radius 2 is 2.00 bits per heavy atom. The number of carbonyl (C=O) groups is 1. The molecule has 0 radical (unpaired) electrons. The van der Waals surface area contributed by atoms with Crippen LogP contribution in [-0.4, -0.2) is 12.5 Å². The molecule has 0 unspecified atom stereocenters. The SMILES string of the molecule is CC(C)Oc1ccc(Sc2cc(Cl)ccc2NC=O)c(Br)c1. The molecular weight excluding hydrogens is 386 g/mol. The van der Waals surface area contributed by atoms with Crippen LogP contribution < -0.4 is 10.1 Å². The van der Waals surface area contributed by atoms with Crippen molar-refractivity contribution in [2.45, 2.75) is 29.7 Å². The van der Waals surface area contributed by atoms with Gasteiger partial charge in [-0.2, -0.15) is 0 Å². The molecule has 6 heteroatoms. The first-order valence-electron chi connectivity index (χ1n) is 6.63. The van der Waals surface area contributed by atoms with Crippen molar-refractivity contribution in [2.75, 3.05) is 5.32 Å². The van der Waals surface area contributed by atoms with Gasteiger partial charge in [0.15, 0.2) is 0 Å². The summed E-state index contributed by atoms with van der Waals surface area (Å²) < 4.78 is 6.59. The van der Waals surface area contributed by atoms with Crippen LogP contribution in [0.15, 0.2) is 50.7 Å². The van der Waals surface area contributed by atoms with Crippen molar-refractivity contribution >= 4 is 51.4 Å². The van der Waals surface area contributed by atoms with Gasteiger partial charge in [-0.05, 0) is 66.2 Å². The van der Waals surface area contributed by atoms with E-state index in [0.29, 0.717) is 11.4 Å². The molecule has 0 aliphatic carbocycles. The molecule has 2 aromatic carbocycles. The maximum Gasteiger partial charge on any atom is 0.211 e. The van der Waals surface area contributed by atoms with Crippen molar-refractivity contribution in [3.05, 3.63) is 45.9 Å². The molecule has 0 spiro atoms. The topological polar surface area (TPSA) is 38.3 Å². The maximum atomic E-state index is 10.7. The number of amides is 1. The lowest BCUT2D eigenvalue weighted by Crippen LogP contribution is -2.05. The normalized spacial score (nSPS) is 10.6. The molecule has 0 aliphatic heterocycles. The zero-order chi connectivity index (χ0) is 16.1. The van der Waals surface area contributed by atoms with Crippen molar-refractivity contribution in [3.63, 3.8) is 0 Å². The first-order valence-corrected chi connectivity index (χ1v) is 8.62. The van der Waals surface area contributed by atoms with Crippen LogP contribution in [0.3, 0.4) is 0 Å². The van der Waals surface area contributed by atoms with E-state index < -0.39 is 0 Å². The monoisotopic (exact) mass is 399 g/mol. The van der Waals surface area contributed by atoms with E-state index >= 15 is 0 Å². The van der Waals surface area contributed by atoms with E-state index in [9.17, 15) is 4.79 Å². The lowest BCUT2D eigenvalue weighted by Gasteiger charge is -2.13. The number of hydrogen-bond donors (Lipinski definition) is 1. The van der Waals surface area contributed by atoms with E-state index in [2.05, 4.69) is 21.2 Å². The van der Waals surface area contributed by atoms with Crippen molar-refractivity contribution < 1.29 is 9.53 Å². The zero-order valence-corrected chi connectivity index (χ0v) is 15.3. The average Bonchev–Trinajstić information content (AvgIpc) is 2.44. The number of ether oxygens (including phenoxy) is 1. The Balaban J connectivity index is 2.27. The zero-order valence-electron chi connectivity index (χ0n) is 12.1. The lowest BCUT2D eigenvalue weighted by molar-refractivity contribution is -0.105. The molecule has 22 heavy (non-hydrogen) atoms. The predicted octanol–water partition coefficient (Wildman–Crippen LogP) is 5.61. The smallest absolute Gasteiger partial charge is 0.211 e. The van der Waals surface area contributed by atoms with Crippen LogP contribution in [0.4, 0.5) is 5.69 Å². The molecule has 2 rings (SSSR count). The van der Waals surface area contributed by atoms with Gasteiger partial charge in [0.2, 0.25) is 6.41 Å². The van der Waals surface area contributed by atoms with Gasteiger partial charge in [0.05, 0.1) is 11.8 Å². The summed E-state index contributed by atoms with van der Waals surface area (Å²) in [5, 5.41) is 3.30. The standard InChI is InChI=1S/C16H15BrClNO2S/c1-10(2)21-12-4-6-15(13(17)8-12)22-16-7-11(18)3-5-14(16)19-9-20/h3-10H,1-2H3,(H,19,20). The van der Waals surface area contributed by atoms with Gasteiger partial charge in [-0.15, -0.1) is 0 Å². The summed E-state index contributed by atoms with van der Waals surface area (Å²) in [6.45, 7) is 3.97. The molecule has 1 amide bonds. The summed E-state index contributed by atoms with van der Waals surface area (Å²) in [6.07, 6.45) is 0.781. The molecular formula is C16H15BrClNO2S. The van der Waals surface area contributed by atoms with Crippen LogP contribution in [0.2, 0.25) is 5.02 Å². The minimum atomic E-state index is 0.127. The second-order valence-corrected chi connectivity index (χ2v) is 7.14. The first-order chi connectivity index (χ1) is 10.5. The van der Waals surface area contributed by atoms with E-state index in [1.807, 2.05) is 38.1 Å². The summed E-state index contributed by atoms with van der Waals surface area (Å²) in [7, 11) is 0. The fraction of sp³-hybridized carbons (Fsp3) is 0.188. The van der Waals surface area contributed by atoms with Gasteiger partial charge < -0.3 is 10.1 Å². The number of nitrogens with one attached hydrogen (secondary N) is 1. The van der Waals surface area contributed by atoms with Gasteiger partial charge in [0.25, 0.3) is 0 Å². The van der Waals surface area contributed by atoms with Crippen LogP contribution in [0.5, 0.6) is 5.75 Å². The van der Waals surface area contributed by atoms with Crippen LogP contribution in [0, 0.1) is 0 Å². The lowest BCUT2D eigenvalue weighted by atomic mass is 10.3. The number of halogens is 2. The number of carbonyl (C=O) groups excluding carboxylic acids is 1. The Morgan fingerprint density at radius 1 is 1.23 bits per heavy atom. The molecule has 2 aromatic rings. The molecule has 0 aromatic heterocycles. The number of anilines is 1. The first kappa shape index (κ1) is 17.2. The predicted molar refractivity (Wildman–Crippen MR) is 95.2 cm³/mol. The number of benzene rings is 2. The molecule has 0 aliphatic rings. The molecule has 1 N–H and O–H groups in total. The molecule has 0 atom stereocenters. The van der Waals surface area contributed by atoms with Gasteiger partial charge in [0, 0.05) is 19.3 Å². The van der Waals surface area contributed by atoms with Crippen LogP contribution >= 0.6 is 39.3 Å². The van der Waals surface area contributed by atoms with Crippen LogP contribution in [0.1, 0.15) is 13.8 Å². The fourth-order valence-electron chi connectivity index (χ4n) is 1.79. The molecule has 0 saturated heterocycles. The summed E-state index contributed by atoms with van der Waals surface area (Å²) in [5.74, 6) is 0.809. The summed E-state index contributed by atoms with van der Waals surface area (Å²) in [5.41, 5.74) is 0.721. The Bertz CT molecular complexity index is 679. The van der Waals surface area contributed by atoms with Crippen molar-refractivity contribution in [1.29, 1.82) is 0 Å². The largest absolute Gasteiger partial charge is 0.491 e. The molecule has 0 fully saturated rings. The third-order valence-electron chi connectivity index (χ3n) is 2.65. The Labute approximate surface area is 147 Å². The Hall–Kier alpha value is -1.17. The molecule has 0 heterocycles. The van der Waals surface area contributed by atoms with E-state index in [-0.39, 0.29) is 6.10 Å². The highest BCUT2D eigenvalue weighted by atomic mass is 79.9. The van der Waals surface area contributed by atoms with Gasteiger partial charge in [-0.25, -0.2) is 0 Å². The molecule has 3 nitrogen and oxygen atoms in total. The quantitative estimate of drug-likeness (QED) is 0.641. The van der Waals surface area contributed by atoms with Gasteiger partial charge in [0.1, 0.15) is 5.75 Å². The minimum Gasteiger partial charge on any atom is -0.491 e. The highest BCUT2D eigenvalue weighted by Gasteiger charge is 2.09. The van der Waals surface area contributed by atoms with Crippen LogP contribution in [-0.2, 0) is 4.79 Å². The highest BCUT2D eigenvalue weighted by Crippen LogP contribution is 2.39. The molecule has 0 saturated carbocycles. The average molecular weight is 401 g/mol. The Morgan fingerprint density at radius 3 is 2.64 bits per heavy atom. The Kier molecular flexibility index (Phi) is 6.17. The maximum absolute atomic E-state index is 10.7. The molecule has 116 valence electrons. The van der Waals surface area contributed by atoms with Crippen molar-refractivity contribution in [3.8, 4) is 5.75 Å². The van der Waals surface area contributed by atoms with Gasteiger partial charge in [-0.1, -0.05) is 23.4 Å². The van der Waals surface area contributed by atoms with E-state index in [1.54, 1.807) is 12.1 Å². The van der Waals surface area contributed by atoms with Crippen LogP contribution in [0.25, 0.3) is 0 Å².